The van der Waals surface area contributed by atoms with E-state index < -0.39 is 4.92 Å². The Kier molecular flexibility index (Phi) is 5.11. The zero-order valence-electron chi connectivity index (χ0n) is 11.0. The second kappa shape index (κ2) is 6.58. The number of non-ortho nitro benzene ring substituents is 1. The number of nitrogens with one attached hydrogen (secondary N) is 1. The largest absolute Gasteiger partial charge is 0.398 e. The van der Waals surface area contributed by atoms with Crippen LogP contribution in [0.4, 0.5) is 17.1 Å². The Hall–Kier alpha value is -2.31. The van der Waals surface area contributed by atoms with Gasteiger partial charge in [-0.25, -0.2) is 0 Å². The summed E-state index contributed by atoms with van der Waals surface area (Å²) in [6, 6.07) is 4.36. The lowest BCUT2D eigenvalue weighted by Crippen LogP contribution is -2.36. The predicted octanol–water partition coefficient (Wildman–Crippen LogP) is 1.14. The lowest BCUT2D eigenvalue weighted by molar-refractivity contribution is -0.384. The average molecular weight is 266 g/mol. The van der Waals surface area contributed by atoms with E-state index in [4.69, 9.17) is 5.73 Å². The molecule has 0 spiro atoms. The number of benzene rings is 1. The van der Waals surface area contributed by atoms with Crippen LogP contribution in [0, 0.1) is 10.1 Å². The summed E-state index contributed by atoms with van der Waals surface area (Å²) < 4.78 is 0. The van der Waals surface area contributed by atoms with E-state index in [9.17, 15) is 14.9 Å². The smallest absolute Gasteiger partial charge is 0.273 e. The van der Waals surface area contributed by atoms with E-state index in [0.29, 0.717) is 17.9 Å². The van der Waals surface area contributed by atoms with Crippen LogP contribution in [0.5, 0.6) is 0 Å². The number of rotatable bonds is 6. The first-order chi connectivity index (χ1) is 8.97. The van der Waals surface area contributed by atoms with Crippen LogP contribution in [0.3, 0.4) is 0 Å². The molecule has 0 radical (unpaired) electrons. The molecule has 1 aromatic carbocycles. The van der Waals surface area contributed by atoms with E-state index >= 15 is 0 Å². The van der Waals surface area contributed by atoms with Gasteiger partial charge in [0.05, 0.1) is 11.5 Å². The summed E-state index contributed by atoms with van der Waals surface area (Å²) in [7, 11) is 1.55. The summed E-state index contributed by atoms with van der Waals surface area (Å²) in [4.78, 5) is 23.5. The van der Waals surface area contributed by atoms with Gasteiger partial charge in [0.25, 0.3) is 5.69 Å². The zero-order chi connectivity index (χ0) is 14.4. The lowest BCUT2D eigenvalue weighted by Gasteiger charge is -2.23. The number of likely N-dealkylation sites (N-methyl/N-ethyl adjacent to an activating group) is 1. The fraction of sp³-hybridized carbons (Fsp3) is 0.417. The van der Waals surface area contributed by atoms with Crippen molar-refractivity contribution < 1.29 is 9.72 Å². The Morgan fingerprint density at radius 3 is 2.68 bits per heavy atom. The Bertz CT molecular complexity index is 476. The fourth-order valence-electron chi connectivity index (χ4n) is 1.73. The van der Waals surface area contributed by atoms with Crippen molar-refractivity contribution in [2.45, 2.75) is 13.3 Å². The third kappa shape index (κ3) is 4.13. The van der Waals surface area contributed by atoms with Crippen LogP contribution in [0.25, 0.3) is 0 Å². The van der Waals surface area contributed by atoms with Crippen LogP contribution in [0.15, 0.2) is 18.2 Å². The Labute approximate surface area is 111 Å². The molecule has 0 atom stereocenters. The van der Waals surface area contributed by atoms with Crippen molar-refractivity contribution in [2.75, 3.05) is 30.8 Å². The van der Waals surface area contributed by atoms with Crippen LogP contribution in [-0.4, -0.2) is 31.0 Å². The lowest BCUT2D eigenvalue weighted by atomic mass is 10.2. The standard InChI is InChI=1S/C12H18N4O3/c1-3-4-15(8-12(17)14-2)10-5-9(13)6-11(7-10)16(18)19/h5-7H,3-4,8,13H2,1-2H3,(H,14,17). The van der Waals surface area contributed by atoms with Crippen LogP contribution in [0.2, 0.25) is 0 Å². The SMILES string of the molecule is CCCN(CC(=O)NC)c1cc(N)cc([N+](=O)[O-])c1. The first-order valence-corrected chi connectivity index (χ1v) is 5.98. The number of anilines is 2. The zero-order valence-corrected chi connectivity index (χ0v) is 11.0. The number of amides is 1. The number of hydrogen-bond acceptors (Lipinski definition) is 5. The summed E-state index contributed by atoms with van der Waals surface area (Å²) in [6.07, 6.45) is 0.819. The van der Waals surface area contributed by atoms with Gasteiger partial charge in [-0.2, -0.15) is 0 Å². The van der Waals surface area contributed by atoms with Crippen molar-refractivity contribution in [3.63, 3.8) is 0 Å². The average Bonchev–Trinajstić information content (AvgIpc) is 2.37. The van der Waals surface area contributed by atoms with E-state index in [1.807, 2.05) is 6.92 Å². The molecule has 7 heteroatoms. The van der Waals surface area contributed by atoms with Gasteiger partial charge in [0.15, 0.2) is 0 Å². The van der Waals surface area contributed by atoms with E-state index in [2.05, 4.69) is 5.32 Å². The normalized spacial score (nSPS) is 10.0. The molecule has 0 aliphatic heterocycles. The summed E-state index contributed by atoms with van der Waals surface area (Å²) in [5, 5.41) is 13.3. The molecule has 0 bridgehead atoms. The first-order valence-electron chi connectivity index (χ1n) is 5.98. The number of nitrogens with two attached hydrogens (primary N) is 1. The number of carbonyl (C=O) groups is 1. The molecule has 0 aliphatic rings. The molecule has 0 aliphatic carbocycles. The molecule has 1 aromatic rings. The van der Waals surface area contributed by atoms with Gasteiger partial charge in [-0.3, -0.25) is 14.9 Å². The minimum atomic E-state index is -0.496. The highest BCUT2D eigenvalue weighted by Crippen LogP contribution is 2.25. The molecule has 0 heterocycles. The minimum absolute atomic E-state index is 0.0759. The molecule has 19 heavy (non-hydrogen) atoms. The highest BCUT2D eigenvalue weighted by atomic mass is 16.6. The van der Waals surface area contributed by atoms with Gasteiger partial charge >= 0.3 is 0 Å². The maximum atomic E-state index is 11.5. The molecule has 1 rings (SSSR count). The number of nitrogens with zero attached hydrogens (tertiary/aromatic N) is 2. The van der Waals surface area contributed by atoms with Crippen LogP contribution < -0.4 is 16.0 Å². The van der Waals surface area contributed by atoms with Crippen molar-refractivity contribution in [3.8, 4) is 0 Å². The van der Waals surface area contributed by atoms with Crippen molar-refractivity contribution >= 4 is 23.0 Å². The van der Waals surface area contributed by atoms with Crippen LogP contribution >= 0.6 is 0 Å². The highest BCUT2D eigenvalue weighted by Gasteiger charge is 2.15. The molecule has 0 fully saturated rings. The molecule has 1 amide bonds. The third-order valence-corrected chi connectivity index (χ3v) is 2.61. The van der Waals surface area contributed by atoms with Gasteiger partial charge in [0.2, 0.25) is 5.91 Å². The topological polar surface area (TPSA) is 102 Å². The van der Waals surface area contributed by atoms with Gasteiger partial charge in [-0.05, 0) is 12.5 Å². The molecular formula is C12H18N4O3. The van der Waals surface area contributed by atoms with Crippen LogP contribution in [-0.2, 0) is 4.79 Å². The predicted molar refractivity (Wildman–Crippen MR) is 74.1 cm³/mol. The maximum absolute atomic E-state index is 11.5. The Morgan fingerprint density at radius 2 is 2.16 bits per heavy atom. The molecule has 104 valence electrons. The van der Waals surface area contributed by atoms with E-state index in [1.54, 1.807) is 18.0 Å². The molecule has 0 aromatic heterocycles. The van der Waals surface area contributed by atoms with Crippen molar-refractivity contribution in [1.29, 1.82) is 0 Å². The number of carbonyl (C=O) groups excluding carboxylic acids is 1. The van der Waals surface area contributed by atoms with Gasteiger partial charge in [-0.15, -0.1) is 0 Å². The maximum Gasteiger partial charge on any atom is 0.273 e. The van der Waals surface area contributed by atoms with Gasteiger partial charge in [-0.1, -0.05) is 6.92 Å². The van der Waals surface area contributed by atoms with Gasteiger partial charge in [0, 0.05) is 37.1 Å². The number of nitro groups is 1. The Morgan fingerprint density at radius 1 is 1.47 bits per heavy atom. The van der Waals surface area contributed by atoms with Gasteiger partial charge < -0.3 is 16.0 Å². The molecular weight excluding hydrogens is 248 g/mol. The second-order valence-electron chi connectivity index (χ2n) is 4.13. The second-order valence-corrected chi connectivity index (χ2v) is 4.13. The highest BCUT2D eigenvalue weighted by molar-refractivity contribution is 5.81. The minimum Gasteiger partial charge on any atom is -0.398 e. The molecule has 0 saturated carbocycles. The quantitative estimate of drug-likeness (QED) is 0.456. The summed E-state index contributed by atoms with van der Waals surface area (Å²) in [5.74, 6) is -0.154. The monoisotopic (exact) mass is 266 g/mol. The molecule has 3 N–H and O–H groups in total. The Balaban J connectivity index is 3.07. The van der Waals surface area contributed by atoms with Crippen molar-refractivity contribution in [3.05, 3.63) is 28.3 Å². The van der Waals surface area contributed by atoms with Crippen molar-refractivity contribution in [2.24, 2.45) is 0 Å². The summed E-state index contributed by atoms with van der Waals surface area (Å²) >= 11 is 0. The van der Waals surface area contributed by atoms with E-state index in [-0.39, 0.29) is 18.1 Å². The molecule has 0 saturated heterocycles. The molecule has 0 unspecified atom stereocenters. The third-order valence-electron chi connectivity index (χ3n) is 2.61. The number of nitro benzene ring substituents is 1. The van der Waals surface area contributed by atoms with Gasteiger partial charge in [0.1, 0.15) is 0 Å². The fourth-order valence-corrected chi connectivity index (χ4v) is 1.73. The summed E-state index contributed by atoms with van der Waals surface area (Å²) in [5.41, 5.74) is 6.48. The number of hydrogen-bond donors (Lipinski definition) is 2. The first kappa shape index (κ1) is 14.7. The van der Waals surface area contributed by atoms with E-state index in [1.165, 1.54) is 12.1 Å². The van der Waals surface area contributed by atoms with Crippen LogP contribution in [0.1, 0.15) is 13.3 Å². The van der Waals surface area contributed by atoms with E-state index in [0.717, 1.165) is 6.42 Å². The van der Waals surface area contributed by atoms with Crippen molar-refractivity contribution in [1.82, 2.24) is 5.32 Å². The number of nitrogen functional groups attached to an aromatic ring is 1. The summed E-state index contributed by atoms with van der Waals surface area (Å²) in [6.45, 7) is 2.73. The molecule has 7 nitrogen and oxygen atoms in total.